The SMILES string of the molecule is Cc1ncsc1-c1ccc([C@H](C)NC(=O)[C@@H]2CC(O)CN2C(=O)[C@@H](NC(=O)c2ccc(N3CCN(c4cc(-c5ccccc5O)nnc4N)CC3)nc2)C(C)(C)C)cc1. The number of nitrogen functional groups attached to an aromatic ring is 1. The highest BCUT2D eigenvalue weighted by Gasteiger charge is 2.45. The minimum absolute atomic E-state index is 0.0256. The molecule has 0 radical (unpaired) electrons. The van der Waals surface area contributed by atoms with Crippen LogP contribution in [0, 0.1) is 12.3 Å². The third-order valence-electron chi connectivity index (χ3n) is 11.0. The maximum atomic E-state index is 14.2. The number of nitrogens with one attached hydrogen (secondary N) is 2. The number of aliphatic hydroxyl groups excluding tert-OH is 1. The average molecular weight is 819 g/mol. The Morgan fingerprint density at radius 3 is 2.29 bits per heavy atom. The van der Waals surface area contributed by atoms with Gasteiger partial charge >= 0.3 is 0 Å². The van der Waals surface area contributed by atoms with Gasteiger partial charge in [-0.05, 0) is 60.7 Å². The van der Waals surface area contributed by atoms with Gasteiger partial charge in [-0.15, -0.1) is 21.5 Å². The van der Waals surface area contributed by atoms with Gasteiger partial charge in [0.15, 0.2) is 5.82 Å². The lowest BCUT2D eigenvalue weighted by molar-refractivity contribution is -0.142. The first-order valence-electron chi connectivity index (χ1n) is 19.7. The van der Waals surface area contributed by atoms with E-state index in [1.807, 2.05) is 76.5 Å². The average Bonchev–Trinajstić information content (AvgIpc) is 3.85. The first kappa shape index (κ1) is 41.0. The van der Waals surface area contributed by atoms with Crippen LogP contribution in [-0.2, 0) is 9.59 Å². The van der Waals surface area contributed by atoms with Crippen molar-refractivity contribution in [3.05, 3.63) is 95.3 Å². The number of amides is 3. The summed E-state index contributed by atoms with van der Waals surface area (Å²) in [6, 6.07) is 17.9. The first-order valence-corrected chi connectivity index (χ1v) is 20.5. The van der Waals surface area contributed by atoms with Crippen molar-refractivity contribution >= 4 is 46.4 Å². The number of hydrogen-bond acceptors (Lipinski definition) is 13. The van der Waals surface area contributed by atoms with E-state index in [0.717, 1.165) is 27.4 Å². The molecular formula is C43H50N10O5S. The van der Waals surface area contributed by atoms with Gasteiger partial charge in [0.2, 0.25) is 11.8 Å². The third kappa shape index (κ3) is 8.98. The highest BCUT2D eigenvalue weighted by molar-refractivity contribution is 7.13. The molecule has 2 aliphatic rings. The summed E-state index contributed by atoms with van der Waals surface area (Å²) in [5.41, 5.74) is 12.3. The molecule has 1 unspecified atom stereocenters. The molecule has 15 nitrogen and oxygen atoms in total. The minimum atomic E-state index is -0.995. The van der Waals surface area contributed by atoms with E-state index in [0.29, 0.717) is 49.1 Å². The summed E-state index contributed by atoms with van der Waals surface area (Å²) in [5, 5.41) is 35.3. The molecule has 0 saturated carbocycles. The Kier molecular flexibility index (Phi) is 11.8. The Bertz CT molecular complexity index is 2300. The number of aryl methyl sites for hydroxylation is 1. The number of benzene rings is 2. The number of aromatic nitrogens is 4. The van der Waals surface area contributed by atoms with E-state index in [9.17, 15) is 24.6 Å². The summed E-state index contributed by atoms with van der Waals surface area (Å²) < 4.78 is 0. The van der Waals surface area contributed by atoms with Gasteiger partial charge < -0.3 is 41.3 Å². The Balaban J connectivity index is 0.969. The van der Waals surface area contributed by atoms with E-state index in [1.54, 1.807) is 41.7 Å². The maximum Gasteiger partial charge on any atom is 0.253 e. The number of β-amino-alcohol motifs (C(OH)–C–C–N with tert-alkyl or cyclic N) is 1. The number of thiazole rings is 1. The Morgan fingerprint density at radius 2 is 1.64 bits per heavy atom. The lowest BCUT2D eigenvalue weighted by Gasteiger charge is -2.37. The number of nitrogens with two attached hydrogens (primary N) is 1. The van der Waals surface area contributed by atoms with Crippen LogP contribution in [0.2, 0.25) is 0 Å². The van der Waals surface area contributed by atoms with Gasteiger partial charge in [-0.2, -0.15) is 0 Å². The van der Waals surface area contributed by atoms with Gasteiger partial charge in [-0.25, -0.2) is 9.97 Å². The van der Waals surface area contributed by atoms with Crippen LogP contribution in [0.4, 0.5) is 17.3 Å². The number of pyridine rings is 1. The topological polar surface area (TPSA) is 203 Å². The van der Waals surface area contributed by atoms with Gasteiger partial charge in [0.05, 0.1) is 45.2 Å². The van der Waals surface area contributed by atoms with Crippen LogP contribution in [0.5, 0.6) is 5.75 Å². The van der Waals surface area contributed by atoms with Crippen LogP contribution in [0.1, 0.15) is 61.8 Å². The predicted octanol–water partition coefficient (Wildman–Crippen LogP) is 4.57. The van der Waals surface area contributed by atoms with E-state index in [2.05, 4.69) is 40.6 Å². The summed E-state index contributed by atoms with van der Waals surface area (Å²) >= 11 is 1.57. The number of anilines is 3. The van der Waals surface area contributed by atoms with Gasteiger partial charge in [0.25, 0.3) is 5.91 Å². The zero-order valence-corrected chi connectivity index (χ0v) is 34.6. The highest BCUT2D eigenvalue weighted by Crippen LogP contribution is 2.33. The van der Waals surface area contributed by atoms with Crippen molar-refractivity contribution in [2.24, 2.45) is 5.41 Å². The fraction of sp³-hybridized carbons (Fsp3) is 0.372. The zero-order valence-electron chi connectivity index (χ0n) is 33.8. The molecule has 3 aromatic heterocycles. The van der Waals surface area contributed by atoms with Crippen LogP contribution in [0.25, 0.3) is 21.7 Å². The molecule has 308 valence electrons. The van der Waals surface area contributed by atoms with Crippen molar-refractivity contribution in [1.29, 1.82) is 0 Å². The quantitative estimate of drug-likeness (QED) is 0.132. The Hall–Kier alpha value is -6.13. The lowest BCUT2D eigenvalue weighted by Crippen LogP contribution is -2.57. The monoisotopic (exact) mass is 818 g/mol. The molecule has 5 aromatic rings. The molecule has 2 aromatic carbocycles. The standard InChI is InChI=1S/C43H50N10O5S/c1-25(27-10-12-28(13-11-27)37-26(2)46-24-59-37)47-41(57)34-20-30(54)23-53(34)42(58)38(43(3,4)5)48-40(56)29-14-15-36(45-22-29)52-18-16-51(17-19-52)33-21-32(49-50-39(33)44)31-8-6-7-9-35(31)55/h6-15,21-22,24-25,30,34,38,54-55H,16-20,23H2,1-5H3,(H2,44,50)(H,47,57)(H,48,56)/t25-,30?,34-,38+/m0/s1. The number of hydrogen-bond donors (Lipinski definition) is 5. The molecule has 2 aliphatic heterocycles. The molecular weight excluding hydrogens is 769 g/mol. The number of carbonyl (C=O) groups excluding carboxylic acids is 3. The molecule has 4 atom stereocenters. The van der Waals surface area contributed by atoms with Crippen LogP contribution in [0.15, 0.2) is 78.4 Å². The molecule has 59 heavy (non-hydrogen) atoms. The number of carbonyl (C=O) groups is 3. The van der Waals surface area contributed by atoms with E-state index in [1.165, 1.54) is 11.1 Å². The molecule has 6 N–H and O–H groups in total. The summed E-state index contributed by atoms with van der Waals surface area (Å²) in [7, 11) is 0. The second-order valence-corrected chi connectivity index (χ2v) is 17.0. The summed E-state index contributed by atoms with van der Waals surface area (Å²) in [5.74, 6) is -0.192. The van der Waals surface area contributed by atoms with Crippen molar-refractivity contribution in [3.63, 3.8) is 0 Å². The molecule has 5 heterocycles. The molecule has 0 bridgehead atoms. The number of aliphatic hydroxyl groups is 1. The van der Waals surface area contributed by atoms with E-state index < -0.39 is 35.4 Å². The Morgan fingerprint density at radius 1 is 0.932 bits per heavy atom. The van der Waals surface area contributed by atoms with Crippen molar-refractivity contribution in [1.82, 2.24) is 35.7 Å². The molecule has 2 fully saturated rings. The van der Waals surface area contributed by atoms with Crippen LogP contribution in [0.3, 0.4) is 0 Å². The van der Waals surface area contributed by atoms with Crippen LogP contribution in [-0.4, -0.2) is 104 Å². The Labute approximate surface area is 347 Å². The smallest absolute Gasteiger partial charge is 0.253 e. The summed E-state index contributed by atoms with van der Waals surface area (Å²) in [6.45, 7) is 11.9. The molecule has 16 heteroatoms. The number of likely N-dealkylation sites (tertiary alicyclic amines) is 1. The normalized spacial score (nSPS) is 18.0. The van der Waals surface area contributed by atoms with Crippen molar-refractivity contribution in [3.8, 4) is 27.4 Å². The number of phenols is 1. The van der Waals surface area contributed by atoms with Crippen LogP contribution >= 0.6 is 11.3 Å². The molecule has 2 saturated heterocycles. The van der Waals surface area contributed by atoms with E-state index in [-0.39, 0.29) is 36.2 Å². The van der Waals surface area contributed by atoms with Crippen molar-refractivity contribution in [2.45, 2.75) is 65.3 Å². The van der Waals surface area contributed by atoms with Gasteiger partial charge in [-0.1, -0.05) is 57.2 Å². The summed E-state index contributed by atoms with van der Waals surface area (Å²) in [4.78, 5) is 57.3. The van der Waals surface area contributed by atoms with Gasteiger partial charge in [0.1, 0.15) is 23.7 Å². The number of phenolic OH excluding ortho intramolecular Hbond substituents is 1. The fourth-order valence-corrected chi connectivity index (χ4v) is 8.39. The highest BCUT2D eigenvalue weighted by atomic mass is 32.1. The number of piperazine rings is 1. The molecule has 0 spiro atoms. The largest absolute Gasteiger partial charge is 0.507 e. The number of nitrogens with zero attached hydrogens (tertiary/aromatic N) is 7. The maximum absolute atomic E-state index is 14.2. The first-order chi connectivity index (χ1) is 28.2. The van der Waals surface area contributed by atoms with E-state index in [4.69, 9.17) is 5.73 Å². The second-order valence-electron chi connectivity index (χ2n) is 16.2. The molecule has 3 amide bonds. The second kappa shape index (κ2) is 17.0. The fourth-order valence-electron chi connectivity index (χ4n) is 7.58. The van der Waals surface area contributed by atoms with Crippen molar-refractivity contribution < 1.29 is 24.6 Å². The minimum Gasteiger partial charge on any atom is -0.507 e. The van der Waals surface area contributed by atoms with Gasteiger partial charge in [0, 0.05) is 50.9 Å². The van der Waals surface area contributed by atoms with Crippen LogP contribution < -0.4 is 26.2 Å². The zero-order chi connectivity index (χ0) is 42.0. The van der Waals surface area contributed by atoms with Crippen molar-refractivity contribution in [2.75, 3.05) is 48.3 Å². The number of rotatable bonds is 10. The number of aromatic hydroxyl groups is 1. The van der Waals surface area contributed by atoms with E-state index >= 15 is 0 Å². The number of para-hydroxylation sites is 1. The third-order valence-corrected chi connectivity index (χ3v) is 11.9. The summed E-state index contributed by atoms with van der Waals surface area (Å²) in [6.07, 6.45) is 0.693. The lowest BCUT2D eigenvalue weighted by atomic mass is 9.85. The van der Waals surface area contributed by atoms with Gasteiger partial charge in [-0.3, -0.25) is 14.4 Å². The molecule has 0 aliphatic carbocycles. The predicted molar refractivity (Wildman–Crippen MR) is 228 cm³/mol. The molecule has 7 rings (SSSR count).